The van der Waals surface area contributed by atoms with Gasteiger partial charge in [-0.1, -0.05) is 44.1 Å². The van der Waals surface area contributed by atoms with Crippen molar-refractivity contribution in [1.82, 2.24) is 0 Å². The van der Waals surface area contributed by atoms with Crippen LogP contribution < -0.4 is 0 Å². The molecule has 9 atom stereocenters. The van der Waals surface area contributed by atoms with Crippen LogP contribution >= 0.6 is 11.8 Å². The molecule has 0 amide bonds. The largest absolute Gasteiger partial charge is 0.393 e. The molecule has 0 heterocycles. The lowest BCUT2D eigenvalue weighted by molar-refractivity contribution is -0.0534. The molecule has 31 heavy (non-hydrogen) atoms. The zero-order valence-corrected chi connectivity index (χ0v) is 20.7. The van der Waals surface area contributed by atoms with E-state index in [0.29, 0.717) is 29.9 Å². The quantitative estimate of drug-likeness (QED) is 0.508. The van der Waals surface area contributed by atoms with E-state index in [1.807, 2.05) is 25.6 Å². The fraction of sp³-hybridized carbons (Fsp3) is 0.846. The lowest BCUT2D eigenvalue weighted by Gasteiger charge is -2.56. The number of aliphatic hydroxyl groups is 4. The van der Waals surface area contributed by atoms with Crippen LogP contribution in [-0.2, 0) is 0 Å². The first-order valence-corrected chi connectivity index (χ1v) is 13.2. The first kappa shape index (κ1) is 23.8. The molecule has 5 heteroatoms. The molecule has 176 valence electrons. The van der Waals surface area contributed by atoms with E-state index in [9.17, 15) is 20.4 Å². The van der Waals surface area contributed by atoms with Crippen molar-refractivity contribution in [2.45, 2.75) is 102 Å². The van der Waals surface area contributed by atoms with E-state index in [-0.39, 0.29) is 22.9 Å². The van der Waals surface area contributed by atoms with Crippen LogP contribution in [0.3, 0.4) is 0 Å². The number of allylic oxidation sites excluding steroid dienone is 3. The zero-order chi connectivity index (χ0) is 22.8. The van der Waals surface area contributed by atoms with Gasteiger partial charge in [-0.05, 0) is 69.0 Å². The summed E-state index contributed by atoms with van der Waals surface area (Å²) in [5.41, 5.74) is 1.74. The molecule has 4 unspecified atom stereocenters. The first-order valence-electron chi connectivity index (χ1n) is 12.2. The van der Waals surface area contributed by atoms with Crippen LogP contribution in [0.4, 0.5) is 0 Å². The van der Waals surface area contributed by atoms with Crippen LogP contribution in [-0.4, -0.2) is 55.3 Å². The van der Waals surface area contributed by atoms with E-state index in [1.54, 1.807) is 0 Å². The SMILES string of the molecule is CC(SCCC(C)(C)O)[C@H]1C(O)C[C@H]2C3=CC=C4CC(O)CC(O)[C@]4(C)[C@H]3CC[C@]12C. The second-order valence-electron chi connectivity index (χ2n) is 11.9. The highest BCUT2D eigenvalue weighted by Crippen LogP contribution is 2.66. The van der Waals surface area contributed by atoms with Gasteiger partial charge in [0.2, 0.25) is 0 Å². The summed E-state index contributed by atoms with van der Waals surface area (Å²) in [6, 6.07) is 0. The van der Waals surface area contributed by atoms with Gasteiger partial charge in [-0.2, -0.15) is 11.8 Å². The Bertz CT molecular complexity index is 755. The lowest BCUT2D eigenvalue weighted by atomic mass is 9.49. The van der Waals surface area contributed by atoms with E-state index < -0.39 is 17.8 Å². The summed E-state index contributed by atoms with van der Waals surface area (Å²) in [6.45, 7) is 10.6. The third-order valence-corrected chi connectivity index (χ3v) is 10.6. The molecule has 4 N–H and O–H groups in total. The molecular weight excluding hydrogens is 408 g/mol. The second-order valence-corrected chi connectivity index (χ2v) is 13.4. The third-order valence-electron chi connectivity index (χ3n) is 9.36. The molecule has 4 rings (SSSR count). The minimum absolute atomic E-state index is 0.0593. The minimum atomic E-state index is -0.647. The van der Waals surface area contributed by atoms with E-state index >= 15 is 0 Å². The topological polar surface area (TPSA) is 80.9 Å². The van der Waals surface area contributed by atoms with Gasteiger partial charge in [-0.15, -0.1) is 0 Å². The Morgan fingerprint density at radius 1 is 1.13 bits per heavy atom. The van der Waals surface area contributed by atoms with Gasteiger partial charge in [0.05, 0.1) is 23.9 Å². The number of hydrogen-bond donors (Lipinski definition) is 4. The average molecular weight is 451 g/mol. The van der Waals surface area contributed by atoms with Crippen molar-refractivity contribution in [1.29, 1.82) is 0 Å². The third kappa shape index (κ3) is 3.97. The maximum Gasteiger partial charge on any atom is 0.0661 e. The van der Waals surface area contributed by atoms with E-state index in [0.717, 1.165) is 31.4 Å². The monoisotopic (exact) mass is 450 g/mol. The van der Waals surface area contributed by atoms with Gasteiger partial charge < -0.3 is 20.4 Å². The van der Waals surface area contributed by atoms with Crippen LogP contribution in [0.25, 0.3) is 0 Å². The number of hydrogen-bond acceptors (Lipinski definition) is 5. The Hall–Kier alpha value is -0.330. The van der Waals surface area contributed by atoms with Crippen molar-refractivity contribution >= 4 is 11.8 Å². The average Bonchev–Trinajstić information content (AvgIpc) is 2.92. The van der Waals surface area contributed by atoms with Crippen molar-refractivity contribution in [2.75, 3.05) is 5.75 Å². The summed E-state index contributed by atoms with van der Waals surface area (Å²) >= 11 is 1.89. The first-order chi connectivity index (χ1) is 14.4. The van der Waals surface area contributed by atoms with Crippen LogP contribution in [0, 0.1) is 28.6 Å². The summed E-state index contributed by atoms with van der Waals surface area (Å²) in [4.78, 5) is 0. The highest BCUT2D eigenvalue weighted by molar-refractivity contribution is 7.99. The molecule has 3 saturated carbocycles. The molecule has 0 aromatic rings. The van der Waals surface area contributed by atoms with E-state index in [2.05, 4.69) is 32.9 Å². The van der Waals surface area contributed by atoms with Crippen LogP contribution in [0.15, 0.2) is 23.3 Å². The predicted molar refractivity (Wildman–Crippen MR) is 127 cm³/mol. The Kier molecular flexibility index (Phi) is 6.27. The molecular formula is C26H42O4S. The number of fused-ring (bicyclic) bond motifs is 5. The van der Waals surface area contributed by atoms with Crippen LogP contribution in [0.5, 0.6) is 0 Å². The van der Waals surface area contributed by atoms with E-state index in [1.165, 1.54) is 11.1 Å². The molecule has 0 bridgehead atoms. The summed E-state index contributed by atoms with van der Waals surface area (Å²) in [7, 11) is 0. The Balaban J connectivity index is 1.57. The van der Waals surface area contributed by atoms with Crippen LogP contribution in [0.2, 0.25) is 0 Å². The molecule has 0 aromatic carbocycles. The van der Waals surface area contributed by atoms with E-state index in [4.69, 9.17) is 0 Å². The lowest BCUT2D eigenvalue weighted by Crippen LogP contribution is -2.52. The molecule has 4 aliphatic carbocycles. The summed E-state index contributed by atoms with van der Waals surface area (Å²) in [5.74, 6) is 1.79. The maximum absolute atomic E-state index is 11.2. The van der Waals surface area contributed by atoms with Gasteiger partial charge in [0.25, 0.3) is 0 Å². The molecule has 0 radical (unpaired) electrons. The Morgan fingerprint density at radius 2 is 1.84 bits per heavy atom. The van der Waals surface area contributed by atoms with Crippen molar-refractivity contribution < 1.29 is 20.4 Å². The fourth-order valence-electron chi connectivity index (χ4n) is 7.55. The maximum atomic E-state index is 11.2. The molecule has 0 aliphatic heterocycles. The zero-order valence-electron chi connectivity index (χ0n) is 19.8. The molecule has 4 aliphatic rings. The smallest absolute Gasteiger partial charge is 0.0661 e. The predicted octanol–water partition coefficient (Wildman–Crippen LogP) is 4.07. The highest BCUT2D eigenvalue weighted by Gasteiger charge is 2.61. The summed E-state index contributed by atoms with van der Waals surface area (Å²) < 4.78 is 0. The molecule has 0 saturated heterocycles. The van der Waals surface area contributed by atoms with Gasteiger partial charge in [0.15, 0.2) is 0 Å². The van der Waals surface area contributed by atoms with Crippen molar-refractivity contribution in [3.05, 3.63) is 23.3 Å². The molecule has 4 nitrogen and oxygen atoms in total. The number of aliphatic hydroxyl groups excluding tert-OH is 3. The van der Waals surface area contributed by atoms with Gasteiger partial charge in [0.1, 0.15) is 0 Å². The fourth-order valence-corrected chi connectivity index (χ4v) is 9.24. The van der Waals surface area contributed by atoms with Gasteiger partial charge >= 0.3 is 0 Å². The van der Waals surface area contributed by atoms with Gasteiger partial charge in [-0.3, -0.25) is 0 Å². The second kappa shape index (κ2) is 8.16. The van der Waals surface area contributed by atoms with Gasteiger partial charge in [0, 0.05) is 23.0 Å². The Labute approximate surface area is 192 Å². The normalized spacial score (nSPS) is 45.8. The summed E-state index contributed by atoms with van der Waals surface area (Å²) in [6.07, 6.45) is 7.95. The molecule has 3 fully saturated rings. The minimum Gasteiger partial charge on any atom is -0.393 e. The van der Waals surface area contributed by atoms with Gasteiger partial charge in [-0.25, -0.2) is 0 Å². The highest BCUT2D eigenvalue weighted by atomic mass is 32.2. The Morgan fingerprint density at radius 3 is 2.52 bits per heavy atom. The summed E-state index contributed by atoms with van der Waals surface area (Å²) in [5, 5.41) is 42.8. The van der Waals surface area contributed by atoms with Crippen molar-refractivity contribution in [3.63, 3.8) is 0 Å². The van der Waals surface area contributed by atoms with Crippen LogP contribution in [0.1, 0.15) is 73.1 Å². The van der Waals surface area contributed by atoms with Crippen molar-refractivity contribution in [2.24, 2.45) is 28.6 Å². The number of rotatable bonds is 5. The van der Waals surface area contributed by atoms with Crippen molar-refractivity contribution in [3.8, 4) is 0 Å². The molecule has 0 aromatic heterocycles. The molecule has 0 spiro atoms. The standard InChI is InChI=1S/C26H42O4S/c1-15(31-11-10-24(2,3)30)23-21(28)14-20-18-7-6-16-12-17(27)13-22(29)26(16,5)19(18)8-9-25(20,23)4/h6-7,15,17,19-23,27-30H,8-14H2,1-5H3/t15?,17?,19-,20-,21?,22?,23-,25-,26-/m0/s1. The number of thioether (sulfide) groups is 1.